The van der Waals surface area contributed by atoms with Crippen LogP contribution in [-0.4, -0.2) is 22.7 Å². The molecule has 0 aliphatic heterocycles. The average Bonchev–Trinajstić information content (AvgIpc) is 3.07. The fourth-order valence-electron chi connectivity index (χ4n) is 1.86. The third kappa shape index (κ3) is 3.88. The Morgan fingerprint density at radius 3 is 2.95 bits per heavy atom. The van der Waals surface area contributed by atoms with Crippen molar-refractivity contribution in [3.63, 3.8) is 0 Å². The van der Waals surface area contributed by atoms with Gasteiger partial charge in [0, 0.05) is 17.3 Å². The third-order valence-corrected chi connectivity index (χ3v) is 4.13. The molecule has 0 bridgehead atoms. The second-order valence-corrected chi connectivity index (χ2v) is 5.87. The Morgan fingerprint density at radius 2 is 2.26 bits per heavy atom. The van der Waals surface area contributed by atoms with E-state index in [0.29, 0.717) is 6.04 Å². The second kappa shape index (κ2) is 6.82. The molecule has 0 saturated heterocycles. The van der Waals surface area contributed by atoms with Crippen LogP contribution in [0.4, 0.5) is 0 Å². The Labute approximate surface area is 118 Å². The molecule has 0 saturated carbocycles. The van der Waals surface area contributed by atoms with Crippen LogP contribution in [0.25, 0.3) is 0 Å². The predicted octanol–water partition coefficient (Wildman–Crippen LogP) is 3.21. The molecule has 5 heteroatoms. The molecule has 0 radical (unpaired) electrons. The summed E-state index contributed by atoms with van der Waals surface area (Å²) >= 11 is 1.72. The maximum absolute atomic E-state index is 5.38. The van der Waals surface area contributed by atoms with Gasteiger partial charge >= 0.3 is 0 Å². The lowest BCUT2D eigenvalue weighted by molar-refractivity contribution is 0.328. The smallest absolute Gasteiger partial charge is 0.231 e. The van der Waals surface area contributed by atoms with Gasteiger partial charge in [-0.05, 0) is 31.3 Å². The predicted molar refractivity (Wildman–Crippen MR) is 77.6 cm³/mol. The molecule has 4 nitrogen and oxygen atoms in total. The van der Waals surface area contributed by atoms with E-state index >= 15 is 0 Å². The molecule has 0 aliphatic carbocycles. The van der Waals surface area contributed by atoms with Crippen molar-refractivity contribution < 1.29 is 4.52 Å². The number of thiophene rings is 1. The molecule has 2 aromatic heterocycles. The van der Waals surface area contributed by atoms with E-state index in [0.717, 1.165) is 31.1 Å². The van der Waals surface area contributed by atoms with Crippen molar-refractivity contribution in [3.8, 4) is 0 Å². The molecule has 104 valence electrons. The maximum Gasteiger partial charge on any atom is 0.231 e. The van der Waals surface area contributed by atoms with Crippen molar-refractivity contribution in [2.75, 3.05) is 6.54 Å². The molecule has 0 aliphatic rings. The Hall–Kier alpha value is -1.20. The van der Waals surface area contributed by atoms with Crippen molar-refractivity contribution in [2.24, 2.45) is 0 Å². The van der Waals surface area contributed by atoms with Crippen LogP contribution in [0.15, 0.2) is 22.0 Å². The Balaban J connectivity index is 1.96. The van der Waals surface area contributed by atoms with Crippen LogP contribution < -0.4 is 5.32 Å². The molecule has 1 N–H and O–H groups in total. The van der Waals surface area contributed by atoms with Gasteiger partial charge in [-0.25, -0.2) is 0 Å². The Bertz CT molecular complexity index is 481. The summed E-state index contributed by atoms with van der Waals surface area (Å²) in [6.07, 6.45) is 1.88. The van der Waals surface area contributed by atoms with E-state index in [4.69, 9.17) is 4.52 Å². The van der Waals surface area contributed by atoms with Crippen LogP contribution in [-0.2, 0) is 6.42 Å². The third-order valence-electron chi connectivity index (χ3n) is 3.25. The summed E-state index contributed by atoms with van der Waals surface area (Å²) in [5.74, 6) is 1.73. The highest BCUT2D eigenvalue weighted by Gasteiger charge is 2.20. The van der Waals surface area contributed by atoms with E-state index in [-0.39, 0.29) is 5.92 Å². The molecule has 19 heavy (non-hydrogen) atoms. The number of nitrogens with one attached hydrogen (secondary N) is 1. The fraction of sp³-hybridized carbons (Fsp3) is 0.571. The first-order chi connectivity index (χ1) is 9.20. The molecule has 2 heterocycles. The largest absolute Gasteiger partial charge is 0.339 e. The first kappa shape index (κ1) is 14.2. The summed E-state index contributed by atoms with van der Waals surface area (Å²) in [4.78, 5) is 5.76. The Kier molecular flexibility index (Phi) is 5.10. The number of aromatic nitrogens is 2. The molecule has 0 amide bonds. The zero-order valence-electron chi connectivity index (χ0n) is 11.7. The summed E-state index contributed by atoms with van der Waals surface area (Å²) < 4.78 is 5.38. The van der Waals surface area contributed by atoms with Gasteiger partial charge in [0.05, 0.1) is 5.92 Å². The van der Waals surface area contributed by atoms with E-state index < -0.39 is 0 Å². The van der Waals surface area contributed by atoms with Crippen molar-refractivity contribution in [3.05, 3.63) is 34.1 Å². The molecular weight excluding hydrogens is 258 g/mol. The zero-order valence-corrected chi connectivity index (χ0v) is 12.5. The minimum Gasteiger partial charge on any atom is -0.339 e. The first-order valence-corrected chi connectivity index (χ1v) is 7.67. The molecule has 2 atom stereocenters. The van der Waals surface area contributed by atoms with Crippen LogP contribution in [0, 0.1) is 0 Å². The zero-order chi connectivity index (χ0) is 13.7. The van der Waals surface area contributed by atoms with E-state index in [1.165, 1.54) is 4.88 Å². The standard InChI is InChI=1S/C14H21N3OS/c1-4-7-15-11(3)10(2)14-16-13(17-18-14)9-12-6-5-8-19-12/h5-6,8,10-11,15H,4,7,9H2,1-3H3. The van der Waals surface area contributed by atoms with Gasteiger partial charge in [0.2, 0.25) is 5.89 Å². The summed E-state index contributed by atoms with van der Waals surface area (Å²) in [6, 6.07) is 4.48. The van der Waals surface area contributed by atoms with Gasteiger partial charge in [-0.3, -0.25) is 0 Å². The second-order valence-electron chi connectivity index (χ2n) is 4.84. The maximum atomic E-state index is 5.38. The van der Waals surface area contributed by atoms with Crippen molar-refractivity contribution in [1.82, 2.24) is 15.5 Å². The topological polar surface area (TPSA) is 51.0 Å². The number of hydrogen-bond donors (Lipinski definition) is 1. The molecule has 0 fully saturated rings. The number of hydrogen-bond acceptors (Lipinski definition) is 5. The number of rotatable bonds is 7. The lowest BCUT2D eigenvalue weighted by Crippen LogP contribution is -2.31. The minimum atomic E-state index is 0.233. The van der Waals surface area contributed by atoms with Crippen LogP contribution in [0.5, 0.6) is 0 Å². The van der Waals surface area contributed by atoms with Gasteiger partial charge in [0.1, 0.15) is 0 Å². The fourth-order valence-corrected chi connectivity index (χ4v) is 2.56. The first-order valence-electron chi connectivity index (χ1n) is 6.79. The summed E-state index contributed by atoms with van der Waals surface area (Å²) in [5, 5.41) is 9.59. The highest BCUT2D eigenvalue weighted by atomic mass is 32.1. The minimum absolute atomic E-state index is 0.233. The van der Waals surface area contributed by atoms with Gasteiger partial charge in [-0.2, -0.15) is 4.98 Å². The average molecular weight is 279 g/mol. The quantitative estimate of drug-likeness (QED) is 0.845. The molecule has 0 aromatic carbocycles. The monoisotopic (exact) mass is 279 g/mol. The summed E-state index contributed by atoms with van der Waals surface area (Å²) in [7, 11) is 0. The van der Waals surface area contributed by atoms with E-state index in [1.807, 2.05) is 6.07 Å². The Morgan fingerprint density at radius 1 is 1.42 bits per heavy atom. The van der Waals surface area contributed by atoms with E-state index in [9.17, 15) is 0 Å². The normalized spacial score (nSPS) is 14.5. The van der Waals surface area contributed by atoms with Gasteiger partial charge in [-0.15, -0.1) is 11.3 Å². The van der Waals surface area contributed by atoms with Gasteiger partial charge in [0.15, 0.2) is 5.82 Å². The molecule has 0 spiro atoms. The van der Waals surface area contributed by atoms with Crippen LogP contribution in [0.1, 0.15) is 49.7 Å². The van der Waals surface area contributed by atoms with Crippen molar-refractivity contribution >= 4 is 11.3 Å². The van der Waals surface area contributed by atoms with Gasteiger partial charge < -0.3 is 9.84 Å². The number of nitrogens with zero attached hydrogens (tertiary/aromatic N) is 2. The van der Waals surface area contributed by atoms with Crippen LogP contribution >= 0.6 is 11.3 Å². The van der Waals surface area contributed by atoms with Crippen LogP contribution in [0.2, 0.25) is 0 Å². The highest BCUT2D eigenvalue weighted by molar-refractivity contribution is 7.09. The van der Waals surface area contributed by atoms with Crippen molar-refractivity contribution in [1.29, 1.82) is 0 Å². The van der Waals surface area contributed by atoms with Gasteiger partial charge in [-0.1, -0.05) is 25.1 Å². The SMILES string of the molecule is CCCNC(C)C(C)c1nc(Cc2cccs2)no1. The summed E-state index contributed by atoms with van der Waals surface area (Å²) in [5.41, 5.74) is 0. The molecule has 2 aromatic rings. The molecule has 2 rings (SSSR count). The van der Waals surface area contributed by atoms with Crippen LogP contribution in [0.3, 0.4) is 0 Å². The van der Waals surface area contributed by atoms with E-state index in [2.05, 4.69) is 47.7 Å². The molecular formula is C14H21N3OS. The highest BCUT2D eigenvalue weighted by Crippen LogP contribution is 2.19. The van der Waals surface area contributed by atoms with Gasteiger partial charge in [0.25, 0.3) is 0 Å². The van der Waals surface area contributed by atoms with Crippen molar-refractivity contribution in [2.45, 2.75) is 45.6 Å². The lowest BCUT2D eigenvalue weighted by Gasteiger charge is -2.17. The molecule has 2 unspecified atom stereocenters. The summed E-state index contributed by atoms with van der Waals surface area (Å²) in [6.45, 7) is 7.46. The lowest BCUT2D eigenvalue weighted by atomic mass is 10.0. The van der Waals surface area contributed by atoms with E-state index in [1.54, 1.807) is 11.3 Å².